The number of ether oxygens (including phenoxy) is 1. The summed E-state index contributed by atoms with van der Waals surface area (Å²) >= 11 is 0. The summed E-state index contributed by atoms with van der Waals surface area (Å²) in [5.74, 6) is 0.00902. The summed E-state index contributed by atoms with van der Waals surface area (Å²) in [6, 6.07) is 0. The van der Waals surface area contributed by atoms with E-state index in [2.05, 4.69) is 24.3 Å². The van der Waals surface area contributed by atoms with Crippen LogP contribution in [0.5, 0.6) is 0 Å². The maximum Gasteiger partial charge on any atom is 0.249 e. The van der Waals surface area contributed by atoms with Crippen LogP contribution in [0.25, 0.3) is 0 Å². The molecule has 1 saturated heterocycles. The summed E-state index contributed by atoms with van der Waals surface area (Å²) in [6.45, 7) is 8.28. The molecule has 0 aromatic carbocycles. The average Bonchev–Trinajstić information content (AvgIpc) is 2.99. The monoisotopic (exact) mass is 265 g/mol. The highest BCUT2D eigenvalue weighted by Gasteiger charge is 2.23. The second-order valence-electron chi connectivity index (χ2n) is 5.02. The number of carbonyl (C=O) groups excluding carboxylic acids is 1. The van der Waals surface area contributed by atoms with Gasteiger partial charge < -0.3 is 10.1 Å². The third-order valence-electron chi connectivity index (χ3n) is 3.73. The molecule has 1 aliphatic rings. The Morgan fingerprint density at radius 1 is 1.53 bits per heavy atom. The molecule has 0 spiro atoms. The van der Waals surface area contributed by atoms with Gasteiger partial charge in [0.25, 0.3) is 0 Å². The second kappa shape index (κ2) is 6.19. The fraction of sp³-hybridized carbons (Fsp3) is 0.714. The molecular weight excluding hydrogens is 242 g/mol. The first-order valence-electron chi connectivity index (χ1n) is 7.05. The van der Waals surface area contributed by atoms with E-state index in [0.717, 1.165) is 25.0 Å². The van der Waals surface area contributed by atoms with Gasteiger partial charge in [-0.15, -0.1) is 0 Å². The average molecular weight is 265 g/mol. The molecule has 1 aliphatic heterocycles. The number of amides is 1. The van der Waals surface area contributed by atoms with Crippen molar-refractivity contribution in [1.82, 2.24) is 15.1 Å². The van der Waals surface area contributed by atoms with Crippen LogP contribution in [0.15, 0.2) is 0 Å². The molecule has 1 aromatic rings. The highest BCUT2D eigenvalue weighted by Crippen LogP contribution is 2.13. The zero-order valence-electron chi connectivity index (χ0n) is 12.0. The maximum absolute atomic E-state index is 11.8. The standard InChI is InChI=1S/C14H23N3O2/c1-4-12-10(2)16-17(11(12)3)8-7-15-14(18)13-6-5-9-19-13/h13H,4-9H2,1-3H3,(H,15,18)/t13-/m1/s1. The number of nitrogens with one attached hydrogen (secondary N) is 1. The Kier molecular flexibility index (Phi) is 4.58. The van der Waals surface area contributed by atoms with E-state index in [-0.39, 0.29) is 12.0 Å². The lowest BCUT2D eigenvalue weighted by Gasteiger charge is -2.11. The van der Waals surface area contributed by atoms with Crippen molar-refractivity contribution in [3.8, 4) is 0 Å². The molecular formula is C14H23N3O2. The summed E-state index contributed by atoms with van der Waals surface area (Å²) in [5.41, 5.74) is 3.60. The van der Waals surface area contributed by atoms with Gasteiger partial charge >= 0.3 is 0 Å². The van der Waals surface area contributed by atoms with Crippen LogP contribution in [0, 0.1) is 13.8 Å². The molecule has 106 valence electrons. The molecule has 0 aliphatic carbocycles. The molecule has 2 heterocycles. The Morgan fingerprint density at radius 2 is 2.32 bits per heavy atom. The number of hydrogen-bond acceptors (Lipinski definition) is 3. The molecule has 1 aromatic heterocycles. The van der Waals surface area contributed by atoms with Crippen molar-refractivity contribution >= 4 is 5.91 Å². The SMILES string of the molecule is CCc1c(C)nn(CCNC(=O)[C@H]2CCCO2)c1C. The summed E-state index contributed by atoms with van der Waals surface area (Å²) in [7, 11) is 0. The Morgan fingerprint density at radius 3 is 2.89 bits per heavy atom. The van der Waals surface area contributed by atoms with Gasteiger partial charge in [0.1, 0.15) is 6.10 Å². The van der Waals surface area contributed by atoms with Crippen LogP contribution in [-0.2, 0) is 22.5 Å². The van der Waals surface area contributed by atoms with Gasteiger partial charge in [-0.3, -0.25) is 9.48 Å². The first-order chi connectivity index (χ1) is 9.13. The number of aromatic nitrogens is 2. The minimum atomic E-state index is -0.244. The van der Waals surface area contributed by atoms with Crippen molar-refractivity contribution < 1.29 is 9.53 Å². The van der Waals surface area contributed by atoms with Crippen molar-refractivity contribution in [1.29, 1.82) is 0 Å². The fourth-order valence-corrected chi connectivity index (χ4v) is 2.65. The topological polar surface area (TPSA) is 56.2 Å². The van der Waals surface area contributed by atoms with E-state index in [1.165, 1.54) is 11.3 Å². The number of hydrogen-bond donors (Lipinski definition) is 1. The van der Waals surface area contributed by atoms with Crippen LogP contribution in [0.4, 0.5) is 0 Å². The first kappa shape index (κ1) is 14.1. The van der Waals surface area contributed by atoms with Crippen molar-refractivity contribution in [2.24, 2.45) is 0 Å². The lowest BCUT2D eigenvalue weighted by molar-refractivity contribution is -0.130. The Bertz CT molecular complexity index is 448. The Balaban J connectivity index is 1.84. The lowest BCUT2D eigenvalue weighted by atomic mass is 10.1. The van der Waals surface area contributed by atoms with Crippen LogP contribution >= 0.6 is 0 Å². The molecule has 5 nitrogen and oxygen atoms in total. The molecule has 1 amide bonds. The third kappa shape index (κ3) is 3.15. The summed E-state index contributed by atoms with van der Waals surface area (Å²) in [5, 5.41) is 7.43. The molecule has 2 rings (SSSR count). The van der Waals surface area contributed by atoms with Gasteiger partial charge in [-0.1, -0.05) is 6.92 Å². The van der Waals surface area contributed by atoms with E-state index in [4.69, 9.17) is 4.74 Å². The molecule has 1 N–H and O–H groups in total. The third-order valence-corrected chi connectivity index (χ3v) is 3.73. The molecule has 0 unspecified atom stereocenters. The molecule has 0 bridgehead atoms. The molecule has 19 heavy (non-hydrogen) atoms. The lowest BCUT2D eigenvalue weighted by Crippen LogP contribution is -2.36. The highest BCUT2D eigenvalue weighted by molar-refractivity contribution is 5.80. The Labute approximate surface area is 114 Å². The Hall–Kier alpha value is -1.36. The minimum absolute atomic E-state index is 0.00902. The molecule has 1 atom stereocenters. The van der Waals surface area contributed by atoms with Crippen LogP contribution in [-0.4, -0.2) is 34.9 Å². The summed E-state index contributed by atoms with van der Waals surface area (Å²) in [4.78, 5) is 11.8. The predicted octanol–water partition coefficient (Wildman–Crippen LogP) is 1.36. The zero-order valence-corrected chi connectivity index (χ0v) is 12.0. The minimum Gasteiger partial charge on any atom is -0.368 e. The summed E-state index contributed by atoms with van der Waals surface area (Å²) in [6.07, 6.45) is 2.58. The van der Waals surface area contributed by atoms with Gasteiger partial charge in [0.2, 0.25) is 5.91 Å². The number of carbonyl (C=O) groups is 1. The maximum atomic E-state index is 11.8. The second-order valence-corrected chi connectivity index (χ2v) is 5.02. The van der Waals surface area contributed by atoms with Crippen LogP contribution in [0.1, 0.15) is 36.7 Å². The van der Waals surface area contributed by atoms with Crippen molar-refractivity contribution in [2.45, 2.75) is 52.7 Å². The van der Waals surface area contributed by atoms with Gasteiger partial charge in [-0.25, -0.2) is 0 Å². The fourth-order valence-electron chi connectivity index (χ4n) is 2.65. The number of nitrogens with zero attached hydrogens (tertiary/aromatic N) is 2. The van der Waals surface area contributed by atoms with Gasteiger partial charge in [-0.05, 0) is 38.7 Å². The molecule has 1 fully saturated rings. The normalized spacial score (nSPS) is 18.8. The van der Waals surface area contributed by atoms with Crippen molar-refractivity contribution in [2.75, 3.05) is 13.2 Å². The first-order valence-corrected chi connectivity index (χ1v) is 7.05. The van der Waals surface area contributed by atoms with E-state index < -0.39 is 0 Å². The quantitative estimate of drug-likeness (QED) is 0.874. The van der Waals surface area contributed by atoms with Crippen molar-refractivity contribution in [3.05, 3.63) is 17.0 Å². The van der Waals surface area contributed by atoms with E-state index in [0.29, 0.717) is 19.7 Å². The number of rotatable bonds is 5. The molecule has 5 heteroatoms. The smallest absolute Gasteiger partial charge is 0.249 e. The van der Waals surface area contributed by atoms with Crippen LogP contribution in [0.2, 0.25) is 0 Å². The largest absolute Gasteiger partial charge is 0.368 e. The predicted molar refractivity (Wildman–Crippen MR) is 73.1 cm³/mol. The molecule has 0 saturated carbocycles. The van der Waals surface area contributed by atoms with Crippen LogP contribution in [0.3, 0.4) is 0 Å². The van der Waals surface area contributed by atoms with E-state index in [9.17, 15) is 4.79 Å². The van der Waals surface area contributed by atoms with E-state index >= 15 is 0 Å². The zero-order chi connectivity index (χ0) is 13.8. The van der Waals surface area contributed by atoms with Gasteiger partial charge in [-0.2, -0.15) is 5.10 Å². The highest BCUT2D eigenvalue weighted by atomic mass is 16.5. The molecule has 0 radical (unpaired) electrons. The number of aryl methyl sites for hydroxylation is 1. The van der Waals surface area contributed by atoms with E-state index in [1.54, 1.807) is 0 Å². The summed E-state index contributed by atoms with van der Waals surface area (Å²) < 4.78 is 7.32. The van der Waals surface area contributed by atoms with Crippen LogP contribution < -0.4 is 5.32 Å². The van der Waals surface area contributed by atoms with Gasteiger partial charge in [0.15, 0.2) is 0 Å². The van der Waals surface area contributed by atoms with Gasteiger partial charge in [0.05, 0.1) is 12.2 Å². The van der Waals surface area contributed by atoms with Gasteiger partial charge in [0, 0.05) is 18.8 Å². The van der Waals surface area contributed by atoms with Crippen molar-refractivity contribution in [3.63, 3.8) is 0 Å². The van der Waals surface area contributed by atoms with E-state index in [1.807, 2.05) is 11.6 Å².